The van der Waals surface area contributed by atoms with Gasteiger partial charge in [-0.05, 0) is 38.1 Å². The fourth-order valence-corrected chi connectivity index (χ4v) is 2.62. The van der Waals surface area contributed by atoms with E-state index in [0.717, 1.165) is 25.4 Å². The van der Waals surface area contributed by atoms with Gasteiger partial charge in [0.05, 0.1) is 6.61 Å². The van der Waals surface area contributed by atoms with Crippen LogP contribution in [0.2, 0.25) is 0 Å². The Morgan fingerprint density at radius 2 is 1.96 bits per heavy atom. The van der Waals surface area contributed by atoms with Crippen LogP contribution in [0.25, 0.3) is 0 Å². The number of benzene rings is 1. The number of carbonyl (C=O) groups excluding carboxylic acids is 2. The van der Waals surface area contributed by atoms with Crippen molar-refractivity contribution in [3.63, 3.8) is 0 Å². The Hall–Kier alpha value is -1.59. The van der Waals surface area contributed by atoms with E-state index in [1.54, 1.807) is 24.3 Å². The Morgan fingerprint density at radius 1 is 1.26 bits per heavy atom. The monoisotopic (exact) mass is 340 g/mol. The number of hydrogen-bond acceptors (Lipinski definition) is 4. The zero-order valence-corrected chi connectivity index (χ0v) is 14.5. The number of Topliss-reactive ketones (excluding diaryl/α,β-unsaturated/α-hetero) is 1. The number of nitrogens with zero attached hydrogens (tertiary/aromatic N) is 1. The molecule has 1 heterocycles. The van der Waals surface area contributed by atoms with Crippen molar-refractivity contribution in [2.24, 2.45) is 0 Å². The highest BCUT2D eigenvalue weighted by atomic mass is 35.5. The lowest BCUT2D eigenvalue weighted by molar-refractivity contribution is -0.133. The van der Waals surface area contributed by atoms with Crippen molar-refractivity contribution in [2.75, 3.05) is 26.2 Å². The van der Waals surface area contributed by atoms with Gasteiger partial charge in [-0.1, -0.05) is 0 Å². The van der Waals surface area contributed by atoms with E-state index < -0.39 is 0 Å². The molecule has 1 aromatic rings. The quantitative estimate of drug-likeness (QED) is 0.807. The molecule has 0 spiro atoms. The number of rotatable bonds is 6. The van der Waals surface area contributed by atoms with Crippen LogP contribution in [0.15, 0.2) is 24.3 Å². The molecule has 1 atom stereocenters. The second-order valence-electron chi connectivity index (χ2n) is 5.52. The van der Waals surface area contributed by atoms with Crippen LogP contribution in [0.1, 0.15) is 37.0 Å². The lowest BCUT2D eigenvalue weighted by Gasteiger charge is -2.34. The van der Waals surface area contributed by atoms with Crippen molar-refractivity contribution >= 4 is 24.1 Å². The number of carbonyl (C=O) groups is 2. The van der Waals surface area contributed by atoms with Crippen molar-refractivity contribution in [3.05, 3.63) is 29.8 Å². The SMILES string of the molecule is CCOc1ccc(C(=O)CCC(=O)N2CCNCC2C)cc1.Cl. The molecule has 1 unspecified atom stereocenters. The molecule has 0 radical (unpaired) electrons. The summed E-state index contributed by atoms with van der Waals surface area (Å²) in [7, 11) is 0. The van der Waals surface area contributed by atoms with Crippen LogP contribution < -0.4 is 10.1 Å². The van der Waals surface area contributed by atoms with E-state index >= 15 is 0 Å². The molecule has 1 aliphatic heterocycles. The Kier molecular flexibility index (Phi) is 8.06. The molecule has 2 rings (SSSR count). The molecule has 1 aromatic carbocycles. The predicted octanol–water partition coefficient (Wildman–Crippen LogP) is 2.29. The first-order valence-electron chi connectivity index (χ1n) is 7.88. The van der Waals surface area contributed by atoms with Crippen molar-refractivity contribution < 1.29 is 14.3 Å². The zero-order valence-electron chi connectivity index (χ0n) is 13.7. The van der Waals surface area contributed by atoms with Gasteiger partial charge >= 0.3 is 0 Å². The first-order chi connectivity index (χ1) is 10.6. The van der Waals surface area contributed by atoms with Gasteiger partial charge in [-0.3, -0.25) is 9.59 Å². The van der Waals surface area contributed by atoms with E-state index in [4.69, 9.17) is 4.74 Å². The van der Waals surface area contributed by atoms with Crippen LogP contribution in [-0.4, -0.2) is 48.9 Å². The van der Waals surface area contributed by atoms with Gasteiger partial charge in [-0.25, -0.2) is 0 Å². The molecule has 128 valence electrons. The third kappa shape index (κ3) is 5.52. The van der Waals surface area contributed by atoms with E-state index in [9.17, 15) is 9.59 Å². The molecule has 0 aromatic heterocycles. The number of nitrogens with one attached hydrogen (secondary N) is 1. The zero-order chi connectivity index (χ0) is 15.9. The summed E-state index contributed by atoms with van der Waals surface area (Å²) in [6.45, 7) is 6.91. The normalized spacial score (nSPS) is 17.3. The lowest BCUT2D eigenvalue weighted by Crippen LogP contribution is -2.52. The van der Waals surface area contributed by atoms with Crippen molar-refractivity contribution in [2.45, 2.75) is 32.7 Å². The van der Waals surface area contributed by atoms with Gasteiger partial charge in [-0.15, -0.1) is 12.4 Å². The fraction of sp³-hybridized carbons (Fsp3) is 0.529. The van der Waals surface area contributed by atoms with Gasteiger partial charge in [0.2, 0.25) is 5.91 Å². The Labute approximate surface area is 143 Å². The average Bonchev–Trinajstić information content (AvgIpc) is 2.54. The van der Waals surface area contributed by atoms with Crippen molar-refractivity contribution in [3.8, 4) is 5.75 Å². The second kappa shape index (κ2) is 9.53. The van der Waals surface area contributed by atoms with Gasteiger partial charge in [0.25, 0.3) is 0 Å². The highest BCUT2D eigenvalue weighted by Crippen LogP contribution is 2.15. The first kappa shape index (κ1) is 19.5. The van der Waals surface area contributed by atoms with Crippen LogP contribution in [0.3, 0.4) is 0 Å². The topological polar surface area (TPSA) is 58.6 Å². The number of hydrogen-bond donors (Lipinski definition) is 1. The molecule has 1 fully saturated rings. The van der Waals surface area contributed by atoms with E-state index in [1.807, 2.05) is 18.7 Å². The summed E-state index contributed by atoms with van der Waals surface area (Å²) in [6, 6.07) is 7.28. The maximum atomic E-state index is 12.2. The molecule has 1 amide bonds. The van der Waals surface area contributed by atoms with Gasteiger partial charge in [0, 0.05) is 44.1 Å². The van der Waals surface area contributed by atoms with Gasteiger partial charge in [0.1, 0.15) is 5.75 Å². The molecular formula is C17H25ClN2O3. The number of amides is 1. The summed E-state index contributed by atoms with van der Waals surface area (Å²) in [5.41, 5.74) is 0.629. The number of piperazine rings is 1. The molecule has 1 aliphatic rings. The molecule has 0 aliphatic carbocycles. The van der Waals surface area contributed by atoms with Crippen LogP contribution in [-0.2, 0) is 4.79 Å². The van der Waals surface area contributed by atoms with Gasteiger partial charge in [-0.2, -0.15) is 0 Å². The standard InChI is InChI=1S/C17H24N2O3.ClH/c1-3-22-15-6-4-14(5-7-15)16(20)8-9-17(21)19-11-10-18-12-13(19)2;/h4-7,13,18H,3,8-12H2,1-2H3;1H. The molecule has 6 heteroatoms. The van der Waals surface area contributed by atoms with E-state index in [0.29, 0.717) is 12.2 Å². The molecule has 5 nitrogen and oxygen atoms in total. The third-order valence-electron chi connectivity index (χ3n) is 3.87. The van der Waals surface area contributed by atoms with Crippen molar-refractivity contribution in [1.29, 1.82) is 0 Å². The predicted molar refractivity (Wildman–Crippen MR) is 92.5 cm³/mol. The Morgan fingerprint density at radius 3 is 2.57 bits per heavy atom. The van der Waals surface area contributed by atoms with Crippen molar-refractivity contribution in [1.82, 2.24) is 10.2 Å². The smallest absolute Gasteiger partial charge is 0.223 e. The highest BCUT2D eigenvalue weighted by molar-refractivity contribution is 5.98. The molecule has 0 saturated carbocycles. The van der Waals surface area contributed by atoms with Crippen LogP contribution in [0, 0.1) is 0 Å². The second-order valence-corrected chi connectivity index (χ2v) is 5.52. The summed E-state index contributed by atoms with van der Waals surface area (Å²) in [5, 5.41) is 3.25. The summed E-state index contributed by atoms with van der Waals surface area (Å²) >= 11 is 0. The van der Waals surface area contributed by atoms with Gasteiger partial charge < -0.3 is 15.0 Å². The summed E-state index contributed by atoms with van der Waals surface area (Å²) < 4.78 is 5.35. The minimum absolute atomic E-state index is 0. The highest BCUT2D eigenvalue weighted by Gasteiger charge is 2.23. The molecule has 0 bridgehead atoms. The molecule has 1 N–H and O–H groups in total. The Bertz CT molecular complexity index is 519. The maximum absolute atomic E-state index is 12.2. The minimum Gasteiger partial charge on any atom is -0.494 e. The Balaban J connectivity index is 0.00000264. The van der Waals surface area contributed by atoms with Crippen LogP contribution in [0.4, 0.5) is 0 Å². The molecule has 23 heavy (non-hydrogen) atoms. The average molecular weight is 341 g/mol. The van der Waals surface area contributed by atoms with E-state index in [2.05, 4.69) is 5.32 Å². The maximum Gasteiger partial charge on any atom is 0.223 e. The number of ether oxygens (including phenoxy) is 1. The first-order valence-corrected chi connectivity index (χ1v) is 7.88. The summed E-state index contributed by atoms with van der Waals surface area (Å²) in [4.78, 5) is 26.2. The van der Waals surface area contributed by atoms with Crippen LogP contribution in [0.5, 0.6) is 5.75 Å². The number of halogens is 1. The molecular weight excluding hydrogens is 316 g/mol. The van der Waals surface area contributed by atoms with E-state index in [-0.39, 0.29) is 43.0 Å². The summed E-state index contributed by atoms with van der Waals surface area (Å²) in [6.07, 6.45) is 0.528. The third-order valence-corrected chi connectivity index (χ3v) is 3.87. The van der Waals surface area contributed by atoms with Gasteiger partial charge in [0.15, 0.2) is 5.78 Å². The fourth-order valence-electron chi connectivity index (χ4n) is 2.62. The largest absolute Gasteiger partial charge is 0.494 e. The number of ketones is 1. The van der Waals surface area contributed by atoms with E-state index in [1.165, 1.54) is 0 Å². The minimum atomic E-state index is -0.000754. The summed E-state index contributed by atoms with van der Waals surface area (Å²) in [5.74, 6) is 0.817. The lowest BCUT2D eigenvalue weighted by atomic mass is 10.1. The molecule has 1 saturated heterocycles. The van der Waals surface area contributed by atoms with Crippen LogP contribution >= 0.6 is 12.4 Å².